The topological polar surface area (TPSA) is 71.0 Å². The fourth-order valence-electron chi connectivity index (χ4n) is 4.74. The summed E-state index contributed by atoms with van der Waals surface area (Å²) in [5.74, 6) is 1.04. The number of anilines is 1. The van der Waals surface area contributed by atoms with Gasteiger partial charge in [0.15, 0.2) is 0 Å². The van der Waals surface area contributed by atoms with E-state index in [1.54, 1.807) is 0 Å². The molecule has 30 heavy (non-hydrogen) atoms. The van der Waals surface area contributed by atoms with E-state index in [0.717, 1.165) is 48.6 Å². The van der Waals surface area contributed by atoms with Gasteiger partial charge in [-0.1, -0.05) is 48.5 Å². The largest absolute Gasteiger partial charge is 0.333 e. The van der Waals surface area contributed by atoms with Crippen molar-refractivity contribution < 1.29 is 4.79 Å². The van der Waals surface area contributed by atoms with Crippen LogP contribution >= 0.6 is 0 Å². The van der Waals surface area contributed by atoms with Gasteiger partial charge in [-0.3, -0.25) is 5.32 Å². The zero-order valence-electron chi connectivity index (χ0n) is 17.1. The van der Waals surface area contributed by atoms with Gasteiger partial charge in [-0.15, -0.1) is 0 Å². The number of rotatable bonds is 4. The van der Waals surface area contributed by atoms with Crippen molar-refractivity contribution >= 4 is 11.8 Å². The molecule has 6 heteroatoms. The highest BCUT2D eigenvalue weighted by Crippen LogP contribution is 2.31. The van der Waals surface area contributed by atoms with Crippen LogP contribution in [0.25, 0.3) is 5.69 Å². The molecular formula is C24H27N5O. The SMILES string of the molecule is C[C@H]1NC[C@@H](c2ccccc2)[C@@H]1NC(=O)Nc1c2c(nn1-c1ccccc1)CCC2. The van der Waals surface area contributed by atoms with Crippen molar-refractivity contribution in [2.24, 2.45) is 0 Å². The quantitative estimate of drug-likeness (QED) is 0.625. The molecule has 1 fully saturated rings. The average Bonchev–Trinajstić information content (AvgIpc) is 3.46. The molecule has 0 bridgehead atoms. The fraction of sp³-hybridized carbons (Fsp3) is 0.333. The molecule has 1 aromatic heterocycles. The standard InChI is InChI=1S/C24H27N5O/c1-16-22(20(15-25-16)17-9-4-2-5-10-17)26-24(30)27-23-19-13-8-14-21(19)28-29(23)18-11-6-3-7-12-18/h2-7,9-12,16,20,22,25H,8,13-15H2,1H3,(H2,26,27,30)/t16-,20+,22-/m1/s1. The summed E-state index contributed by atoms with van der Waals surface area (Å²) in [6.07, 6.45) is 3.00. The number of hydrogen-bond donors (Lipinski definition) is 3. The summed E-state index contributed by atoms with van der Waals surface area (Å²) >= 11 is 0. The molecule has 6 nitrogen and oxygen atoms in total. The Hall–Kier alpha value is -3.12. The van der Waals surface area contributed by atoms with Gasteiger partial charge in [0.05, 0.1) is 17.4 Å². The number of aromatic nitrogens is 2. The Labute approximate surface area is 176 Å². The number of nitrogens with zero attached hydrogens (tertiary/aromatic N) is 2. The molecule has 3 atom stereocenters. The minimum atomic E-state index is -0.178. The number of nitrogens with one attached hydrogen (secondary N) is 3. The lowest BCUT2D eigenvalue weighted by Gasteiger charge is -2.24. The van der Waals surface area contributed by atoms with E-state index in [4.69, 9.17) is 5.10 Å². The molecule has 1 aliphatic heterocycles. The third-order valence-electron chi connectivity index (χ3n) is 6.30. The van der Waals surface area contributed by atoms with E-state index in [1.165, 1.54) is 5.56 Å². The molecule has 2 aliphatic rings. The molecule has 5 rings (SSSR count). The molecule has 154 valence electrons. The Morgan fingerprint density at radius 1 is 1.07 bits per heavy atom. The van der Waals surface area contributed by atoms with Crippen molar-refractivity contribution in [3.63, 3.8) is 0 Å². The van der Waals surface area contributed by atoms with Gasteiger partial charge in [-0.25, -0.2) is 9.48 Å². The van der Waals surface area contributed by atoms with Crippen LogP contribution in [0.1, 0.15) is 36.1 Å². The van der Waals surface area contributed by atoms with Crippen LogP contribution < -0.4 is 16.0 Å². The van der Waals surface area contributed by atoms with Gasteiger partial charge < -0.3 is 10.6 Å². The zero-order chi connectivity index (χ0) is 20.5. The van der Waals surface area contributed by atoms with Crippen molar-refractivity contribution in [3.8, 4) is 5.69 Å². The maximum absolute atomic E-state index is 13.1. The summed E-state index contributed by atoms with van der Waals surface area (Å²) in [6, 6.07) is 20.4. The van der Waals surface area contributed by atoms with Crippen molar-refractivity contribution in [1.82, 2.24) is 20.4 Å². The van der Waals surface area contributed by atoms with E-state index >= 15 is 0 Å². The first kappa shape index (κ1) is 18.9. The Morgan fingerprint density at radius 2 is 1.80 bits per heavy atom. The van der Waals surface area contributed by atoms with Gasteiger partial charge in [0.2, 0.25) is 0 Å². The summed E-state index contributed by atoms with van der Waals surface area (Å²) < 4.78 is 1.87. The summed E-state index contributed by atoms with van der Waals surface area (Å²) in [4.78, 5) is 13.1. The van der Waals surface area contributed by atoms with Gasteiger partial charge in [0, 0.05) is 24.1 Å². The van der Waals surface area contributed by atoms with E-state index in [2.05, 4.69) is 47.1 Å². The molecule has 1 saturated heterocycles. The molecule has 1 aliphatic carbocycles. The van der Waals surface area contributed by atoms with Crippen LogP contribution in [-0.2, 0) is 12.8 Å². The lowest BCUT2D eigenvalue weighted by Crippen LogP contribution is -2.46. The average molecular weight is 402 g/mol. The molecular weight excluding hydrogens is 374 g/mol. The third-order valence-corrected chi connectivity index (χ3v) is 6.30. The maximum Gasteiger partial charge on any atom is 0.320 e. The Morgan fingerprint density at radius 3 is 2.57 bits per heavy atom. The molecule has 2 aromatic carbocycles. The normalized spacial score (nSPS) is 22.6. The Balaban J connectivity index is 1.38. The number of urea groups is 1. The molecule has 2 heterocycles. The second kappa shape index (κ2) is 7.95. The van der Waals surface area contributed by atoms with Gasteiger partial charge in [-0.05, 0) is 43.9 Å². The van der Waals surface area contributed by atoms with Gasteiger partial charge >= 0.3 is 6.03 Å². The van der Waals surface area contributed by atoms with E-state index in [0.29, 0.717) is 0 Å². The van der Waals surface area contributed by atoms with Crippen LogP contribution in [0.2, 0.25) is 0 Å². The fourth-order valence-corrected chi connectivity index (χ4v) is 4.74. The summed E-state index contributed by atoms with van der Waals surface area (Å²) in [7, 11) is 0. The Bertz CT molecular complexity index is 1030. The highest BCUT2D eigenvalue weighted by Gasteiger charge is 2.35. The smallest absolute Gasteiger partial charge is 0.320 e. The van der Waals surface area contributed by atoms with Gasteiger partial charge in [0.1, 0.15) is 5.82 Å². The molecule has 3 aromatic rings. The number of carbonyl (C=O) groups excluding carboxylic acids is 1. The number of carbonyl (C=O) groups is 1. The number of amides is 2. The van der Waals surface area contributed by atoms with E-state index in [9.17, 15) is 4.79 Å². The second-order valence-electron chi connectivity index (χ2n) is 8.21. The molecule has 0 spiro atoms. The Kier molecular flexibility index (Phi) is 5.01. The first-order chi connectivity index (χ1) is 14.7. The number of para-hydroxylation sites is 1. The van der Waals surface area contributed by atoms with Crippen LogP contribution in [0.15, 0.2) is 60.7 Å². The predicted molar refractivity (Wildman–Crippen MR) is 118 cm³/mol. The van der Waals surface area contributed by atoms with Crippen LogP contribution in [0.3, 0.4) is 0 Å². The molecule has 0 radical (unpaired) electrons. The third kappa shape index (κ3) is 3.48. The lowest BCUT2D eigenvalue weighted by atomic mass is 9.92. The molecule has 2 amide bonds. The highest BCUT2D eigenvalue weighted by atomic mass is 16.2. The molecule has 0 saturated carbocycles. The minimum Gasteiger partial charge on any atom is -0.333 e. The van der Waals surface area contributed by atoms with Crippen LogP contribution in [-0.4, -0.2) is 34.4 Å². The lowest BCUT2D eigenvalue weighted by molar-refractivity contribution is 0.246. The monoisotopic (exact) mass is 401 g/mol. The zero-order valence-corrected chi connectivity index (χ0v) is 17.1. The molecule has 0 unspecified atom stereocenters. The maximum atomic E-state index is 13.1. The highest BCUT2D eigenvalue weighted by molar-refractivity contribution is 5.90. The van der Waals surface area contributed by atoms with Crippen molar-refractivity contribution in [1.29, 1.82) is 0 Å². The number of fused-ring (bicyclic) bond motifs is 1. The van der Waals surface area contributed by atoms with Crippen LogP contribution in [0.4, 0.5) is 10.6 Å². The minimum absolute atomic E-state index is 0.0218. The van der Waals surface area contributed by atoms with Crippen LogP contribution in [0, 0.1) is 0 Å². The van der Waals surface area contributed by atoms with E-state index in [-0.39, 0.29) is 24.0 Å². The van der Waals surface area contributed by atoms with Gasteiger partial charge in [0.25, 0.3) is 0 Å². The van der Waals surface area contributed by atoms with Crippen molar-refractivity contribution in [3.05, 3.63) is 77.5 Å². The summed E-state index contributed by atoms with van der Waals surface area (Å²) in [5.41, 5.74) is 4.45. The number of benzene rings is 2. The predicted octanol–water partition coefficient (Wildman–Crippen LogP) is 3.63. The van der Waals surface area contributed by atoms with Crippen molar-refractivity contribution in [2.45, 2.75) is 44.2 Å². The number of hydrogen-bond acceptors (Lipinski definition) is 3. The summed E-state index contributed by atoms with van der Waals surface area (Å²) in [6.45, 7) is 2.98. The van der Waals surface area contributed by atoms with Crippen LogP contribution in [0.5, 0.6) is 0 Å². The first-order valence-electron chi connectivity index (χ1n) is 10.7. The molecule has 3 N–H and O–H groups in total. The number of aryl methyl sites for hydroxylation is 1. The first-order valence-corrected chi connectivity index (χ1v) is 10.7. The van der Waals surface area contributed by atoms with E-state index in [1.807, 2.05) is 41.1 Å². The van der Waals surface area contributed by atoms with Gasteiger partial charge in [-0.2, -0.15) is 5.10 Å². The van der Waals surface area contributed by atoms with E-state index < -0.39 is 0 Å². The van der Waals surface area contributed by atoms with Crippen molar-refractivity contribution in [2.75, 3.05) is 11.9 Å². The summed E-state index contributed by atoms with van der Waals surface area (Å²) in [5, 5.41) is 14.6. The second-order valence-corrected chi connectivity index (χ2v) is 8.21.